The molecular weight excluding hydrogens is 404 g/mol. The van der Waals surface area contributed by atoms with Gasteiger partial charge in [0.25, 0.3) is 0 Å². The molecule has 1 aromatic rings. The summed E-state index contributed by atoms with van der Waals surface area (Å²) in [6.45, 7) is 6.09. The molecule has 4 nitrogen and oxygen atoms in total. The van der Waals surface area contributed by atoms with E-state index in [2.05, 4.69) is 38.7 Å². The van der Waals surface area contributed by atoms with Gasteiger partial charge >= 0.3 is 0 Å². The van der Waals surface area contributed by atoms with Gasteiger partial charge in [0, 0.05) is 10.0 Å². The molecule has 4 aliphatic rings. The van der Waals surface area contributed by atoms with Crippen molar-refractivity contribution in [3.05, 3.63) is 28.8 Å². The maximum Gasteiger partial charge on any atom is 0.243 e. The summed E-state index contributed by atoms with van der Waals surface area (Å²) in [6, 6.07) is 4.12. The molecule has 0 aromatic heterocycles. The van der Waals surface area contributed by atoms with Crippen LogP contribution in [-0.2, 0) is 9.59 Å². The maximum absolute atomic E-state index is 13.1. The van der Waals surface area contributed by atoms with Crippen molar-refractivity contribution in [1.29, 1.82) is 0 Å². The molecule has 0 aliphatic heterocycles. The summed E-state index contributed by atoms with van der Waals surface area (Å²) >= 11 is 3.95. The number of hydrogen-bond donors (Lipinski definition) is 2. The Balaban J connectivity index is 1.39. The number of nitrogens with one attached hydrogen (secondary N) is 2. The van der Waals surface area contributed by atoms with Crippen LogP contribution in [0, 0.1) is 38.0 Å². The van der Waals surface area contributed by atoms with Crippen molar-refractivity contribution in [2.75, 3.05) is 11.9 Å². The van der Waals surface area contributed by atoms with Crippen molar-refractivity contribution >= 4 is 33.4 Å². The topological polar surface area (TPSA) is 58.2 Å². The van der Waals surface area contributed by atoms with Crippen LogP contribution >= 0.6 is 15.9 Å². The number of alkyl halides is 1. The van der Waals surface area contributed by atoms with Crippen LogP contribution < -0.4 is 10.6 Å². The molecule has 2 unspecified atom stereocenters. The highest BCUT2D eigenvalue weighted by molar-refractivity contribution is 9.10. The van der Waals surface area contributed by atoms with Gasteiger partial charge < -0.3 is 10.6 Å². The first-order chi connectivity index (χ1) is 12.7. The van der Waals surface area contributed by atoms with E-state index >= 15 is 0 Å². The molecule has 4 saturated carbocycles. The highest BCUT2D eigenvalue weighted by Gasteiger charge is 2.59. The first kappa shape index (κ1) is 19.0. The molecule has 0 heterocycles. The lowest BCUT2D eigenvalue weighted by Gasteiger charge is -2.59. The lowest BCUT2D eigenvalue weighted by molar-refractivity contribution is -0.144. The molecular formula is C22H29BrN2O2. The van der Waals surface area contributed by atoms with Crippen LogP contribution in [0.25, 0.3) is 0 Å². The van der Waals surface area contributed by atoms with E-state index in [9.17, 15) is 9.59 Å². The maximum atomic E-state index is 13.1. The fourth-order valence-corrected chi connectivity index (χ4v) is 7.78. The minimum absolute atomic E-state index is 0.0396. The van der Waals surface area contributed by atoms with Gasteiger partial charge in [0.1, 0.15) is 0 Å². The number of aryl methyl sites for hydroxylation is 3. The van der Waals surface area contributed by atoms with Crippen LogP contribution in [0.1, 0.15) is 55.2 Å². The summed E-state index contributed by atoms with van der Waals surface area (Å²) in [5, 5.41) is 5.93. The summed E-state index contributed by atoms with van der Waals surface area (Å²) in [5.41, 5.74) is 3.86. The molecule has 5 rings (SSSR count). The van der Waals surface area contributed by atoms with E-state index in [4.69, 9.17) is 0 Å². The minimum Gasteiger partial charge on any atom is -0.347 e. The Bertz CT molecular complexity index is 766. The van der Waals surface area contributed by atoms with Gasteiger partial charge in [-0.2, -0.15) is 0 Å². The fraction of sp³-hybridized carbons (Fsp3) is 0.636. The van der Waals surface area contributed by atoms with E-state index in [1.54, 1.807) is 0 Å². The lowest BCUT2D eigenvalue weighted by atomic mass is 9.49. The third kappa shape index (κ3) is 3.55. The van der Waals surface area contributed by atoms with E-state index in [1.165, 1.54) is 24.8 Å². The van der Waals surface area contributed by atoms with E-state index in [-0.39, 0.29) is 28.1 Å². The molecule has 2 N–H and O–H groups in total. The highest BCUT2D eigenvalue weighted by Crippen LogP contribution is 2.64. The largest absolute Gasteiger partial charge is 0.347 e. The Hall–Kier alpha value is -1.36. The quantitative estimate of drug-likeness (QED) is 0.692. The van der Waals surface area contributed by atoms with Gasteiger partial charge in [0.05, 0.1) is 12.0 Å². The second kappa shape index (κ2) is 6.61. The number of hydrogen-bond acceptors (Lipinski definition) is 2. The molecule has 0 saturated heterocycles. The average molecular weight is 433 g/mol. The summed E-state index contributed by atoms with van der Waals surface area (Å²) in [5.74, 6) is 1.23. The van der Waals surface area contributed by atoms with Crippen LogP contribution in [0.4, 0.5) is 5.69 Å². The van der Waals surface area contributed by atoms with Crippen LogP contribution in [0.2, 0.25) is 0 Å². The van der Waals surface area contributed by atoms with Gasteiger partial charge in [-0.1, -0.05) is 33.6 Å². The number of benzene rings is 1. The Kier molecular flexibility index (Phi) is 4.65. The van der Waals surface area contributed by atoms with Gasteiger partial charge in [-0.15, -0.1) is 0 Å². The van der Waals surface area contributed by atoms with Crippen molar-refractivity contribution in [1.82, 2.24) is 5.32 Å². The zero-order valence-electron chi connectivity index (χ0n) is 16.5. The molecule has 4 bridgehead atoms. The normalized spacial score (nSPS) is 33.8. The third-order valence-corrected chi connectivity index (χ3v) is 7.75. The fourth-order valence-electron chi connectivity index (χ4n) is 6.33. The van der Waals surface area contributed by atoms with E-state index < -0.39 is 0 Å². The number of rotatable bonds is 4. The van der Waals surface area contributed by atoms with Gasteiger partial charge in [0.2, 0.25) is 11.8 Å². The zero-order valence-corrected chi connectivity index (χ0v) is 18.0. The predicted octanol–water partition coefficient (Wildman–Crippen LogP) is 4.40. The Morgan fingerprint density at radius 1 is 1.07 bits per heavy atom. The number of carbonyl (C=O) groups excluding carboxylic acids is 2. The highest BCUT2D eigenvalue weighted by atomic mass is 79.9. The molecule has 2 atom stereocenters. The Morgan fingerprint density at radius 3 is 2.22 bits per heavy atom. The first-order valence-corrected chi connectivity index (χ1v) is 10.8. The molecule has 4 aliphatic carbocycles. The number of anilines is 1. The van der Waals surface area contributed by atoms with Crippen molar-refractivity contribution < 1.29 is 9.59 Å². The Labute approximate surface area is 170 Å². The van der Waals surface area contributed by atoms with Crippen LogP contribution in [0.5, 0.6) is 0 Å². The molecule has 1 aromatic carbocycles. The molecule has 4 fully saturated rings. The molecule has 146 valence electrons. The van der Waals surface area contributed by atoms with Crippen molar-refractivity contribution in [3.8, 4) is 0 Å². The number of amides is 2. The number of halogens is 1. The van der Waals surface area contributed by atoms with Crippen LogP contribution in [-0.4, -0.2) is 22.7 Å². The van der Waals surface area contributed by atoms with Gasteiger partial charge in [0.15, 0.2) is 0 Å². The van der Waals surface area contributed by atoms with Gasteiger partial charge in [-0.05, 0) is 82.3 Å². The van der Waals surface area contributed by atoms with Crippen LogP contribution in [0.15, 0.2) is 12.1 Å². The SMILES string of the molecule is Cc1cc(C)c(NC(=O)CNC(=O)C23CC4CC(CC(Br)(C4)C2)C3)c(C)c1. The molecule has 2 amide bonds. The molecule has 5 heteroatoms. The summed E-state index contributed by atoms with van der Waals surface area (Å²) in [4.78, 5) is 25.5. The second-order valence-corrected chi connectivity index (χ2v) is 11.1. The Morgan fingerprint density at radius 2 is 1.67 bits per heavy atom. The average Bonchev–Trinajstić information content (AvgIpc) is 2.53. The van der Waals surface area contributed by atoms with E-state index in [0.717, 1.165) is 36.1 Å². The van der Waals surface area contributed by atoms with E-state index in [0.29, 0.717) is 11.8 Å². The molecule has 27 heavy (non-hydrogen) atoms. The third-order valence-electron chi connectivity index (χ3n) is 6.82. The smallest absolute Gasteiger partial charge is 0.243 e. The lowest BCUT2D eigenvalue weighted by Crippen LogP contribution is -2.58. The van der Waals surface area contributed by atoms with Gasteiger partial charge in [-0.25, -0.2) is 0 Å². The standard InChI is InChI=1S/C22H29BrN2O2/c1-13-4-14(2)19(15(3)5-13)25-18(26)11-24-20(27)21-7-16-6-17(8-21)10-22(23,9-16)12-21/h4-5,16-17H,6-12H2,1-3H3,(H,24,27)(H,25,26). The summed E-state index contributed by atoms with van der Waals surface area (Å²) in [6.07, 6.45) is 6.56. The first-order valence-electron chi connectivity index (χ1n) is 10.0. The molecule has 0 radical (unpaired) electrons. The monoisotopic (exact) mass is 432 g/mol. The van der Waals surface area contributed by atoms with E-state index in [1.807, 2.05) is 20.8 Å². The summed E-state index contributed by atoms with van der Waals surface area (Å²) in [7, 11) is 0. The minimum atomic E-state index is -0.274. The number of carbonyl (C=O) groups is 2. The summed E-state index contributed by atoms with van der Waals surface area (Å²) < 4.78 is 0.146. The van der Waals surface area contributed by atoms with Crippen molar-refractivity contribution in [2.45, 2.75) is 63.6 Å². The zero-order chi connectivity index (χ0) is 19.4. The van der Waals surface area contributed by atoms with Gasteiger partial charge in [-0.3, -0.25) is 9.59 Å². The molecule has 0 spiro atoms. The van der Waals surface area contributed by atoms with Crippen molar-refractivity contribution in [3.63, 3.8) is 0 Å². The predicted molar refractivity (Wildman–Crippen MR) is 111 cm³/mol. The second-order valence-electron chi connectivity index (χ2n) is 9.40. The van der Waals surface area contributed by atoms with Crippen LogP contribution in [0.3, 0.4) is 0 Å². The van der Waals surface area contributed by atoms with Crippen molar-refractivity contribution in [2.24, 2.45) is 17.3 Å².